The number of morpholine rings is 1. The molecule has 8 nitrogen and oxygen atoms in total. The average Bonchev–Trinajstić information content (AvgIpc) is 3.33. The van der Waals surface area contributed by atoms with E-state index in [0.29, 0.717) is 43.0 Å². The second-order valence-electron chi connectivity index (χ2n) is 7.16. The van der Waals surface area contributed by atoms with E-state index in [1.807, 2.05) is 42.5 Å². The standard InChI is InChI=1S/C23H26N4O4S/c1-29-12-9-24-22(28)20-8-7-18(31-20)16-32-23-25-19(17-5-3-2-4-6-17)15-21(26-23)27-10-13-30-14-11-27/h2-8,15H,9-14,16H2,1H3,(H,24,28). The number of rotatable bonds is 9. The molecule has 3 aromatic rings. The molecule has 0 saturated carbocycles. The van der Waals surface area contributed by atoms with Crippen LogP contribution in [0, 0.1) is 0 Å². The van der Waals surface area contributed by atoms with Crippen molar-refractivity contribution in [2.75, 3.05) is 51.5 Å². The second-order valence-corrected chi connectivity index (χ2v) is 8.11. The Balaban J connectivity index is 1.48. The van der Waals surface area contributed by atoms with Crippen molar-refractivity contribution in [3.05, 3.63) is 60.1 Å². The minimum Gasteiger partial charge on any atom is -0.455 e. The summed E-state index contributed by atoms with van der Waals surface area (Å²) in [6.07, 6.45) is 0. The van der Waals surface area contributed by atoms with E-state index in [9.17, 15) is 4.79 Å². The highest BCUT2D eigenvalue weighted by molar-refractivity contribution is 7.98. The summed E-state index contributed by atoms with van der Waals surface area (Å²) < 4.78 is 16.1. The predicted molar refractivity (Wildman–Crippen MR) is 123 cm³/mol. The van der Waals surface area contributed by atoms with Gasteiger partial charge in [-0.1, -0.05) is 42.1 Å². The minimum atomic E-state index is -0.254. The summed E-state index contributed by atoms with van der Waals surface area (Å²) in [7, 11) is 1.59. The highest BCUT2D eigenvalue weighted by Crippen LogP contribution is 2.28. The van der Waals surface area contributed by atoms with Crippen molar-refractivity contribution < 1.29 is 18.7 Å². The molecular formula is C23H26N4O4S. The normalized spacial score (nSPS) is 13.8. The Morgan fingerprint density at radius 1 is 1.16 bits per heavy atom. The molecule has 1 aromatic carbocycles. The van der Waals surface area contributed by atoms with Crippen LogP contribution in [0.5, 0.6) is 0 Å². The molecule has 0 spiro atoms. The van der Waals surface area contributed by atoms with E-state index in [1.54, 1.807) is 13.2 Å². The van der Waals surface area contributed by atoms with Crippen LogP contribution in [0.15, 0.2) is 58.1 Å². The molecule has 32 heavy (non-hydrogen) atoms. The van der Waals surface area contributed by atoms with Gasteiger partial charge >= 0.3 is 0 Å². The van der Waals surface area contributed by atoms with Crippen LogP contribution in [0.3, 0.4) is 0 Å². The van der Waals surface area contributed by atoms with Gasteiger partial charge in [0.2, 0.25) is 0 Å². The number of methoxy groups -OCH3 is 1. The Labute approximate surface area is 191 Å². The zero-order valence-electron chi connectivity index (χ0n) is 18.0. The Hall–Kier alpha value is -2.88. The largest absolute Gasteiger partial charge is 0.455 e. The molecule has 1 fully saturated rings. The van der Waals surface area contributed by atoms with Gasteiger partial charge in [-0.2, -0.15) is 0 Å². The minimum absolute atomic E-state index is 0.254. The molecule has 9 heteroatoms. The third-order valence-electron chi connectivity index (χ3n) is 4.92. The highest BCUT2D eigenvalue weighted by Gasteiger charge is 2.17. The molecule has 4 rings (SSSR count). The fraction of sp³-hybridized carbons (Fsp3) is 0.348. The smallest absolute Gasteiger partial charge is 0.287 e. The van der Waals surface area contributed by atoms with Crippen LogP contribution in [0.1, 0.15) is 16.3 Å². The lowest BCUT2D eigenvalue weighted by molar-refractivity contribution is 0.0908. The maximum atomic E-state index is 12.1. The lowest BCUT2D eigenvalue weighted by Gasteiger charge is -2.28. The van der Waals surface area contributed by atoms with Crippen molar-refractivity contribution in [2.24, 2.45) is 0 Å². The number of thioether (sulfide) groups is 1. The van der Waals surface area contributed by atoms with Gasteiger partial charge in [-0.3, -0.25) is 4.79 Å². The van der Waals surface area contributed by atoms with Crippen LogP contribution in [0.4, 0.5) is 5.82 Å². The van der Waals surface area contributed by atoms with Gasteiger partial charge in [0.05, 0.1) is 31.3 Å². The Kier molecular flexibility index (Phi) is 7.76. The third-order valence-corrected chi connectivity index (χ3v) is 5.79. The summed E-state index contributed by atoms with van der Waals surface area (Å²) >= 11 is 1.48. The molecule has 1 amide bonds. The van der Waals surface area contributed by atoms with E-state index in [1.165, 1.54) is 11.8 Å². The quantitative estimate of drug-likeness (QED) is 0.299. The molecule has 3 heterocycles. The van der Waals surface area contributed by atoms with Crippen LogP contribution in [-0.2, 0) is 15.2 Å². The lowest BCUT2D eigenvalue weighted by Crippen LogP contribution is -2.36. The van der Waals surface area contributed by atoms with E-state index in [2.05, 4.69) is 10.2 Å². The number of benzene rings is 1. The first-order valence-electron chi connectivity index (χ1n) is 10.5. The highest BCUT2D eigenvalue weighted by atomic mass is 32.2. The first kappa shape index (κ1) is 22.3. The van der Waals surface area contributed by atoms with Crippen molar-refractivity contribution in [2.45, 2.75) is 10.9 Å². The molecule has 0 radical (unpaired) electrons. The molecule has 0 unspecified atom stereocenters. The van der Waals surface area contributed by atoms with Crippen LogP contribution in [0.2, 0.25) is 0 Å². The monoisotopic (exact) mass is 454 g/mol. The number of carbonyl (C=O) groups excluding carboxylic acids is 1. The summed E-state index contributed by atoms with van der Waals surface area (Å²) in [5, 5.41) is 3.41. The molecule has 0 bridgehead atoms. The van der Waals surface area contributed by atoms with Gasteiger partial charge in [0.25, 0.3) is 5.91 Å². The molecule has 1 saturated heterocycles. The third kappa shape index (κ3) is 5.87. The van der Waals surface area contributed by atoms with Crippen LogP contribution >= 0.6 is 11.8 Å². The zero-order chi connectivity index (χ0) is 22.2. The fourth-order valence-corrected chi connectivity index (χ4v) is 4.00. The molecule has 0 aliphatic carbocycles. The van der Waals surface area contributed by atoms with Crippen LogP contribution in [0.25, 0.3) is 11.3 Å². The van der Waals surface area contributed by atoms with E-state index >= 15 is 0 Å². The summed E-state index contributed by atoms with van der Waals surface area (Å²) in [6.45, 7) is 3.87. The van der Waals surface area contributed by atoms with Crippen molar-refractivity contribution in [1.82, 2.24) is 15.3 Å². The SMILES string of the molecule is COCCNC(=O)c1ccc(CSc2nc(-c3ccccc3)cc(N3CCOCC3)n2)o1. The molecule has 1 N–H and O–H groups in total. The summed E-state index contributed by atoms with van der Waals surface area (Å²) in [5.41, 5.74) is 1.92. The second kappa shape index (κ2) is 11.1. The number of carbonyl (C=O) groups is 1. The van der Waals surface area contributed by atoms with Gasteiger partial charge < -0.3 is 24.1 Å². The number of hydrogen-bond donors (Lipinski definition) is 1. The maximum Gasteiger partial charge on any atom is 0.287 e. The van der Waals surface area contributed by atoms with Crippen molar-refractivity contribution >= 4 is 23.5 Å². The van der Waals surface area contributed by atoms with Gasteiger partial charge in [0, 0.05) is 38.4 Å². The van der Waals surface area contributed by atoms with Crippen LogP contribution < -0.4 is 10.2 Å². The molecule has 2 aromatic heterocycles. The van der Waals surface area contributed by atoms with E-state index in [4.69, 9.17) is 23.9 Å². The van der Waals surface area contributed by atoms with Gasteiger partial charge in [-0.05, 0) is 12.1 Å². The number of aromatic nitrogens is 2. The van der Waals surface area contributed by atoms with E-state index in [0.717, 1.165) is 30.2 Å². The number of nitrogens with zero attached hydrogens (tertiary/aromatic N) is 3. The first-order chi connectivity index (χ1) is 15.7. The Morgan fingerprint density at radius 3 is 2.75 bits per heavy atom. The number of amides is 1. The molecule has 1 aliphatic rings. The van der Waals surface area contributed by atoms with Gasteiger partial charge in [-0.15, -0.1) is 0 Å². The molecule has 1 aliphatic heterocycles. The zero-order valence-corrected chi connectivity index (χ0v) is 18.8. The number of anilines is 1. The number of nitrogens with one attached hydrogen (secondary N) is 1. The fourth-order valence-electron chi connectivity index (χ4n) is 3.26. The number of ether oxygens (including phenoxy) is 2. The van der Waals surface area contributed by atoms with E-state index < -0.39 is 0 Å². The van der Waals surface area contributed by atoms with E-state index in [-0.39, 0.29) is 11.7 Å². The van der Waals surface area contributed by atoms with Crippen molar-refractivity contribution in [3.63, 3.8) is 0 Å². The van der Waals surface area contributed by atoms with Crippen molar-refractivity contribution in [3.8, 4) is 11.3 Å². The number of hydrogen-bond acceptors (Lipinski definition) is 8. The topological polar surface area (TPSA) is 89.7 Å². The molecular weight excluding hydrogens is 428 g/mol. The van der Waals surface area contributed by atoms with Gasteiger partial charge in [0.15, 0.2) is 10.9 Å². The average molecular weight is 455 g/mol. The Bertz CT molecular complexity index is 1020. The number of furan rings is 1. The van der Waals surface area contributed by atoms with Crippen molar-refractivity contribution in [1.29, 1.82) is 0 Å². The molecule has 168 valence electrons. The summed E-state index contributed by atoms with van der Waals surface area (Å²) in [4.78, 5) is 23.9. The molecule has 0 atom stereocenters. The maximum absolute atomic E-state index is 12.1. The predicted octanol–water partition coefficient (Wildman–Crippen LogP) is 3.24. The van der Waals surface area contributed by atoms with Gasteiger partial charge in [0.1, 0.15) is 11.6 Å². The first-order valence-corrected chi connectivity index (χ1v) is 11.5. The lowest BCUT2D eigenvalue weighted by atomic mass is 10.1. The van der Waals surface area contributed by atoms with Gasteiger partial charge in [-0.25, -0.2) is 9.97 Å². The summed E-state index contributed by atoms with van der Waals surface area (Å²) in [5.74, 6) is 2.13. The Morgan fingerprint density at radius 2 is 1.97 bits per heavy atom. The summed E-state index contributed by atoms with van der Waals surface area (Å²) in [6, 6.07) is 15.6. The van der Waals surface area contributed by atoms with Crippen LogP contribution in [-0.4, -0.2) is 62.4 Å².